The minimum absolute atomic E-state index is 0.0730. The highest BCUT2D eigenvalue weighted by atomic mass is 32.1. The SMILES string of the molecule is CCCNC(=O)Cc1sc(C)nc1-c1ccc(C)cc1. The van der Waals surface area contributed by atoms with Crippen LogP contribution in [0.3, 0.4) is 0 Å². The zero-order valence-electron chi connectivity index (χ0n) is 12.2. The topological polar surface area (TPSA) is 42.0 Å². The summed E-state index contributed by atoms with van der Waals surface area (Å²) < 4.78 is 0. The molecule has 2 rings (SSSR count). The minimum Gasteiger partial charge on any atom is -0.356 e. The Hall–Kier alpha value is -1.68. The third-order valence-electron chi connectivity index (χ3n) is 3.02. The summed E-state index contributed by atoms with van der Waals surface area (Å²) >= 11 is 1.60. The summed E-state index contributed by atoms with van der Waals surface area (Å²) in [6.45, 7) is 6.83. The molecule has 0 unspecified atom stereocenters. The molecule has 20 heavy (non-hydrogen) atoms. The number of aryl methyl sites for hydroxylation is 2. The monoisotopic (exact) mass is 288 g/mol. The Morgan fingerprint density at radius 3 is 2.60 bits per heavy atom. The number of thiazole rings is 1. The quantitative estimate of drug-likeness (QED) is 0.915. The Morgan fingerprint density at radius 1 is 1.25 bits per heavy atom. The molecule has 1 aromatic heterocycles. The van der Waals surface area contributed by atoms with Crippen molar-refractivity contribution in [3.05, 3.63) is 39.7 Å². The lowest BCUT2D eigenvalue weighted by Crippen LogP contribution is -2.25. The predicted molar refractivity (Wildman–Crippen MR) is 84.0 cm³/mol. The van der Waals surface area contributed by atoms with Gasteiger partial charge in [-0.2, -0.15) is 0 Å². The lowest BCUT2D eigenvalue weighted by atomic mass is 10.1. The molecule has 0 aliphatic rings. The van der Waals surface area contributed by atoms with Gasteiger partial charge >= 0.3 is 0 Å². The van der Waals surface area contributed by atoms with E-state index >= 15 is 0 Å². The van der Waals surface area contributed by atoms with Crippen molar-refractivity contribution in [2.75, 3.05) is 6.54 Å². The fourth-order valence-electron chi connectivity index (χ4n) is 2.00. The molecular weight excluding hydrogens is 268 g/mol. The van der Waals surface area contributed by atoms with Gasteiger partial charge in [0.15, 0.2) is 0 Å². The van der Waals surface area contributed by atoms with Crippen LogP contribution in [0, 0.1) is 13.8 Å². The van der Waals surface area contributed by atoms with Crippen molar-refractivity contribution in [1.29, 1.82) is 0 Å². The second-order valence-corrected chi connectivity index (χ2v) is 6.19. The molecule has 0 saturated carbocycles. The summed E-state index contributed by atoms with van der Waals surface area (Å²) in [5, 5.41) is 3.92. The fraction of sp³-hybridized carbons (Fsp3) is 0.375. The molecule has 0 fully saturated rings. The van der Waals surface area contributed by atoms with Crippen LogP contribution in [0.2, 0.25) is 0 Å². The summed E-state index contributed by atoms with van der Waals surface area (Å²) in [6, 6.07) is 8.28. The van der Waals surface area contributed by atoms with Gasteiger partial charge in [-0.1, -0.05) is 36.8 Å². The van der Waals surface area contributed by atoms with Gasteiger partial charge in [-0.15, -0.1) is 11.3 Å². The molecule has 1 amide bonds. The van der Waals surface area contributed by atoms with E-state index in [1.165, 1.54) is 5.56 Å². The van der Waals surface area contributed by atoms with E-state index in [1.54, 1.807) is 11.3 Å². The van der Waals surface area contributed by atoms with E-state index in [1.807, 2.05) is 6.92 Å². The van der Waals surface area contributed by atoms with E-state index in [0.29, 0.717) is 6.42 Å². The number of rotatable bonds is 5. The molecule has 0 radical (unpaired) electrons. The number of benzene rings is 1. The first-order chi connectivity index (χ1) is 9.60. The van der Waals surface area contributed by atoms with Crippen LogP contribution in [-0.4, -0.2) is 17.4 Å². The summed E-state index contributed by atoms with van der Waals surface area (Å²) in [5.74, 6) is 0.0730. The number of carbonyl (C=O) groups excluding carboxylic acids is 1. The van der Waals surface area contributed by atoms with Crippen LogP contribution in [0.15, 0.2) is 24.3 Å². The average molecular weight is 288 g/mol. The van der Waals surface area contributed by atoms with Gasteiger partial charge in [0, 0.05) is 17.0 Å². The van der Waals surface area contributed by atoms with Gasteiger partial charge in [-0.3, -0.25) is 4.79 Å². The molecule has 1 heterocycles. The molecule has 0 aliphatic carbocycles. The summed E-state index contributed by atoms with van der Waals surface area (Å²) in [5.41, 5.74) is 3.25. The van der Waals surface area contributed by atoms with Crippen molar-refractivity contribution >= 4 is 17.2 Å². The van der Waals surface area contributed by atoms with Gasteiger partial charge in [0.05, 0.1) is 17.1 Å². The summed E-state index contributed by atoms with van der Waals surface area (Å²) in [4.78, 5) is 17.5. The largest absolute Gasteiger partial charge is 0.356 e. The highest BCUT2D eigenvalue weighted by Crippen LogP contribution is 2.28. The standard InChI is InChI=1S/C16H20N2OS/c1-4-9-17-15(19)10-14-16(18-12(3)20-14)13-7-5-11(2)6-8-13/h5-8H,4,9-10H2,1-3H3,(H,17,19). The first-order valence-corrected chi connectivity index (χ1v) is 7.72. The fourth-order valence-corrected chi connectivity index (χ4v) is 2.96. The zero-order chi connectivity index (χ0) is 14.5. The number of nitrogens with one attached hydrogen (secondary N) is 1. The normalized spacial score (nSPS) is 10.6. The van der Waals surface area contributed by atoms with Gasteiger partial charge in [0.2, 0.25) is 5.91 Å². The van der Waals surface area contributed by atoms with Crippen molar-refractivity contribution in [2.24, 2.45) is 0 Å². The Morgan fingerprint density at radius 2 is 1.95 bits per heavy atom. The lowest BCUT2D eigenvalue weighted by Gasteiger charge is -2.04. The minimum atomic E-state index is 0.0730. The van der Waals surface area contributed by atoms with Crippen molar-refractivity contribution in [1.82, 2.24) is 10.3 Å². The second-order valence-electron chi connectivity index (χ2n) is 4.90. The molecule has 0 bridgehead atoms. The van der Waals surface area contributed by atoms with Crippen LogP contribution < -0.4 is 5.32 Å². The van der Waals surface area contributed by atoms with E-state index in [0.717, 1.165) is 34.1 Å². The molecule has 0 saturated heterocycles. The van der Waals surface area contributed by atoms with E-state index in [2.05, 4.69) is 48.4 Å². The first kappa shape index (κ1) is 14.7. The molecule has 4 heteroatoms. The highest BCUT2D eigenvalue weighted by molar-refractivity contribution is 7.12. The molecule has 0 atom stereocenters. The molecule has 2 aromatic rings. The zero-order valence-corrected chi connectivity index (χ0v) is 13.0. The van der Waals surface area contributed by atoms with Crippen LogP contribution in [0.5, 0.6) is 0 Å². The number of amides is 1. The summed E-state index contributed by atoms with van der Waals surface area (Å²) in [7, 11) is 0. The van der Waals surface area contributed by atoms with Gasteiger partial charge in [-0.25, -0.2) is 4.98 Å². The highest BCUT2D eigenvalue weighted by Gasteiger charge is 2.14. The molecule has 0 spiro atoms. The Bertz CT molecular complexity index is 587. The van der Waals surface area contributed by atoms with Crippen molar-refractivity contribution in [3.8, 4) is 11.3 Å². The predicted octanol–water partition coefficient (Wildman–Crippen LogP) is 3.50. The van der Waals surface area contributed by atoms with Crippen LogP contribution in [0.4, 0.5) is 0 Å². The third-order valence-corrected chi connectivity index (χ3v) is 3.99. The van der Waals surface area contributed by atoms with Gasteiger partial charge in [-0.05, 0) is 20.3 Å². The average Bonchev–Trinajstić information content (AvgIpc) is 2.78. The van der Waals surface area contributed by atoms with Crippen LogP contribution in [0.1, 0.15) is 28.8 Å². The maximum absolute atomic E-state index is 11.9. The Balaban J connectivity index is 2.22. The van der Waals surface area contributed by atoms with E-state index in [4.69, 9.17) is 0 Å². The van der Waals surface area contributed by atoms with Crippen LogP contribution in [0.25, 0.3) is 11.3 Å². The van der Waals surface area contributed by atoms with Crippen LogP contribution >= 0.6 is 11.3 Å². The molecule has 1 aromatic carbocycles. The maximum atomic E-state index is 11.9. The number of carbonyl (C=O) groups is 1. The maximum Gasteiger partial charge on any atom is 0.225 e. The van der Waals surface area contributed by atoms with Gasteiger partial charge in [0.1, 0.15) is 0 Å². The lowest BCUT2D eigenvalue weighted by molar-refractivity contribution is -0.120. The smallest absolute Gasteiger partial charge is 0.225 e. The number of hydrogen-bond donors (Lipinski definition) is 1. The van der Waals surface area contributed by atoms with Crippen LogP contribution in [-0.2, 0) is 11.2 Å². The van der Waals surface area contributed by atoms with Crippen molar-refractivity contribution in [3.63, 3.8) is 0 Å². The summed E-state index contributed by atoms with van der Waals surface area (Å²) in [6.07, 6.45) is 1.37. The van der Waals surface area contributed by atoms with E-state index in [9.17, 15) is 4.79 Å². The first-order valence-electron chi connectivity index (χ1n) is 6.90. The molecule has 1 N–H and O–H groups in total. The Labute approximate surface area is 124 Å². The molecule has 106 valence electrons. The Kier molecular flexibility index (Phi) is 4.90. The number of hydrogen-bond acceptors (Lipinski definition) is 3. The van der Waals surface area contributed by atoms with Gasteiger partial charge in [0.25, 0.3) is 0 Å². The molecular formula is C16H20N2OS. The molecule has 3 nitrogen and oxygen atoms in total. The van der Waals surface area contributed by atoms with Crippen molar-refractivity contribution < 1.29 is 4.79 Å². The molecule has 0 aliphatic heterocycles. The third kappa shape index (κ3) is 3.67. The number of nitrogens with zero attached hydrogens (tertiary/aromatic N) is 1. The second kappa shape index (κ2) is 6.66. The van der Waals surface area contributed by atoms with Gasteiger partial charge < -0.3 is 5.32 Å². The van der Waals surface area contributed by atoms with E-state index < -0.39 is 0 Å². The van der Waals surface area contributed by atoms with E-state index in [-0.39, 0.29) is 5.91 Å². The number of aromatic nitrogens is 1. The van der Waals surface area contributed by atoms with Crippen molar-refractivity contribution in [2.45, 2.75) is 33.6 Å².